The summed E-state index contributed by atoms with van der Waals surface area (Å²) in [5.41, 5.74) is 0. The van der Waals surface area contributed by atoms with Crippen molar-refractivity contribution in [3.8, 4) is 0 Å². The monoisotopic (exact) mass is 382 g/mol. The number of ether oxygens (including phenoxy) is 1. The highest BCUT2D eigenvalue weighted by atomic mass is 32.2. The Kier molecular flexibility index (Phi) is 5.15. The van der Waals surface area contributed by atoms with Gasteiger partial charge in [-0.2, -0.15) is 4.31 Å². The number of sulfonamides is 1. The Bertz CT molecular complexity index is 891. The van der Waals surface area contributed by atoms with Crippen molar-refractivity contribution < 1.29 is 17.9 Å². The summed E-state index contributed by atoms with van der Waals surface area (Å²) in [5, 5.41) is 4.03. The third-order valence-electron chi connectivity index (χ3n) is 4.28. The molecular formula is C17H22N2O4S2. The third kappa shape index (κ3) is 3.57. The Morgan fingerprint density at radius 1 is 1.36 bits per heavy atom. The molecule has 1 aromatic heterocycles. The van der Waals surface area contributed by atoms with E-state index in [9.17, 15) is 13.2 Å². The lowest BCUT2D eigenvalue weighted by atomic mass is 10.2. The van der Waals surface area contributed by atoms with E-state index in [2.05, 4.69) is 5.32 Å². The second-order valence-electron chi connectivity index (χ2n) is 6.26. The number of rotatable bonds is 4. The minimum Gasteiger partial charge on any atom is -0.462 e. The predicted octanol–water partition coefficient (Wildman–Crippen LogP) is 2.45. The smallest absolute Gasteiger partial charge is 0.348 e. The first kappa shape index (κ1) is 18.3. The maximum Gasteiger partial charge on any atom is 0.348 e. The van der Waals surface area contributed by atoms with Gasteiger partial charge in [0.05, 0.1) is 11.5 Å². The molecule has 1 fully saturated rings. The number of nitrogens with zero attached hydrogens (tertiary/aromatic N) is 1. The van der Waals surface area contributed by atoms with Crippen molar-refractivity contribution in [1.29, 1.82) is 0 Å². The molecular weight excluding hydrogens is 360 g/mol. The maximum absolute atomic E-state index is 13.0. The molecule has 0 bridgehead atoms. The lowest BCUT2D eigenvalue weighted by Crippen LogP contribution is -2.56. The molecule has 1 aliphatic rings. The van der Waals surface area contributed by atoms with Crippen LogP contribution >= 0.6 is 11.3 Å². The molecule has 2 aromatic rings. The van der Waals surface area contributed by atoms with Crippen molar-refractivity contribution in [2.45, 2.75) is 37.8 Å². The Morgan fingerprint density at radius 3 is 2.84 bits per heavy atom. The van der Waals surface area contributed by atoms with Gasteiger partial charge in [0.25, 0.3) is 0 Å². The number of carbonyl (C=O) groups excluding carboxylic acids is 1. The van der Waals surface area contributed by atoms with E-state index in [0.717, 1.165) is 10.1 Å². The number of hydrogen-bond donors (Lipinski definition) is 1. The first-order valence-electron chi connectivity index (χ1n) is 8.29. The summed E-state index contributed by atoms with van der Waals surface area (Å²) in [6, 6.07) is 6.72. The van der Waals surface area contributed by atoms with Crippen molar-refractivity contribution in [3.63, 3.8) is 0 Å². The summed E-state index contributed by atoms with van der Waals surface area (Å²) in [4.78, 5) is 12.6. The highest BCUT2D eigenvalue weighted by Crippen LogP contribution is 2.30. The van der Waals surface area contributed by atoms with Gasteiger partial charge in [-0.3, -0.25) is 0 Å². The number of piperazine rings is 1. The Labute approximate surface area is 151 Å². The van der Waals surface area contributed by atoms with E-state index >= 15 is 0 Å². The van der Waals surface area contributed by atoms with Gasteiger partial charge in [-0.25, -0.2) is 13.2 Å². The van der Waals surface area contributed by atoms with E-state index in [1.807, 2.05) is 13.8 Å². The molecule has 8 heteroatoms. The SMILES string of the molecule is CCOC(=O)c1cc2cc(S(=O)(=O)N3CC(C)NCC3C)ccc2s1. The zero-order chi connectivity index (χ0) is 18.2. The highest BCUT2D eigenvalue weighted by Gasteiger charge is 2.33. The summed E-state index contributed by atoms with van der Waals surface area (Å²) in [6.45, 7) is 7.02. The van der Waals surface area contributed by atoms with E-state index in [4.69, 9.17) is 4.74 Å². The highest BCUT2D eigenvalue weighted by molar-refractivity contribution is 7.89. The number of benzene rings is 1. The van der Waals surface area contributed by atoms with Crippen molar-refractivity contribution in [3.05, 3.63) is 29.1 Å². The number of esters is 1. The first-order valence-corrected chi connectivity index (χ1v) is 10.5. The molecule has 3 rings (SSSR count). The van der Waals surface area contributed by atoms with E-state index in [-0.39, 0.29) is 22.9 Å². The van der Waals surface area contributed by atoms with Crippen molar-refractivity contribution >= 4 is 37.4 Å². The summed E-state index contributed by atoms with van der Waals surface area (Å²) in [6.07, 6.45) is 0. The number of carbonyl (C=O) groups is 1. The largest absolute Gasteiger partial charge is 0.462 e. The van der Waals surface area contributed by atoms with Crippen LogP contribution in [0.3, 0.4) is 0 Å². The van der Waals surface area contributed by atoms with E-state index < -0.39 is 10.0 Å². The summed E-state index contributed by atoms with van der Waals surface area (Å²) >= 11 is 1.31. The van der Waals surface area contributed by atoms with Crippen LogP contribution in [0.2, 0.25) is 0 Å². The zero-order valence-corrected chi connectivity index (χ0v) is 16.1. The molecule has 0 aliphatic carbocycles. The van der Waals surface area contributed by atoms with Crippen LogP contribution in [-0.4, -0.2) is 50.5 Å². The van der Waals surface area contributed by atoms with Crippen LogP contribution < -0.4 is 5.32 Å². The summed E-state index contributed by atoms with van der Waals surface area (Å²) < 4.78 is 33.5. The molecule has 0 saturated carbocycles. The lowest BCUT2D eigenvalue weighted by Gasteiger charge is -2.36. The van der Waals surface area contributed by atoms with E-state index in [0.29, 0.717) is 24.6 Å². The molecule has 136 valence electrons. The molecule has 2 heterocycles. The van der Waals surface area contributed by atoms with Gasteiger partial charge in [0.1, 0.15) is 4.88 Å². The average molecular weight is 383 g/mol. The minimum absolute atomic E-state index is 0.102. The fourth-order valence-electron chi connectivity index (χ4n) is 2.94. The molecule has 0 spiro atoms. The topological polar surface area (TPSA) is 75.7 Å². The molecule has 0 amide bonds. The van der Waals surface area contributed by atoms with Crippen LogP contribution in [0.4, 0.5) is 0 Å². The van der Waals surface area contributed by atoms with Crippen LogP contribution in [0.1, 0.15) is 30.4 Å². The summed E-state index contributed by atoms with van der Waals surface area (Å²) in [5.74, 6) is -0.377. The molecule has 1 aliphatic heterocycles. The van der Waals surface area contributed by atoms with Gasteiger partial charge in [0, 0.05) is 29.9 Å². The fraction of sp³-hybridized carbons (Fsp3) is 0.471. The van der Waals surface area contributed by atoms with Gasteiger partial charge in [0.15, 0.2) is 0 Å². The van der Waals surface area contributed by atoms with Gasteiger partial charge in [-0.1, -0.05) is 0 Å². The Hall–Kier alpha value is -1.48. The van der Waals surface area contributed by atoms with Crippen molar-refractivity contribution in [2.24, 2.45) is 0 Å². The normalized spacial score (nSPS) is 22.2. The number of hydrogen-bond acceptors (Lipinski definition) is 6. The zero-order valence-electron chi connectivity index (χ0n) is 14.5. The van der Waals surface area contributed by atoms with Gasteiger partial charge in [0.2, 0.25) is 10.0 Å². The first-order chi connectivity index (χ1) is 11.8. The molecule has 1 N–H and O–H groups in total. The number of thiophene rings is 1. The average Bonchev–Trinajstić information content (AvgIpc) is 3.00. The molecule has 6 nitrogen and oxygen atoms in total. The van der Waals surface area contributed by atoms with Crippen LogP contribution in [0.15, 0.2) is 29.2 Å². The Balaban J connectivity index is 1.96. The molecule has 2 atom stereocenters. The molecule has 1 saturated heterocycles. The van der Waals surface area contributed by atoms with Crippen LogP contribution in [0.25, 0.3) is 10.1 Å². The fourth-order valence-corrected chi connectivity index (χ4v) is 5.63. The van der Waals surface area contributed by atoms with Gasteiger partial charge in [-0.05, 0) is 50.4 Å². The number of fused-ring (bicyclic) bond motifs is 1. The molecule has 0 radical (unpaired) electrons. The molecule has 1 aromatic carbocycles. The molecule has 2 unspecified atom stereocenters. The van der Waals surface area contributed by atoms with Crippen molar-refractivity contribution in [2.75, 3.05) is 19.7 Å². The van der Waals surface area contributed by atoms with Gasteiger partial charge >= 0.3 is 5.97 Å². The van der Waals surface area contributed by atoms with Crippen LogP contribution in [0, 0.1) is 0 Å². The quantitative estimate of drug-likeness (QED) is 0.822. The predicted molar refractivity (Wildman–Crippen MR) is 98.6 cm³/mol. The van der Waals surface area contributed by atoms with Gasteiger partial charge in [-0.15, -0.1) is 11.3 Å². The van der Waals surface area contributed by atoms with Crippen LogP contribution in [0.5, 0.6) is 0 Å². The van der Waals surface area contributed by atoms with E-state index in [1.54, 1.807) is 35.5 Å². The minimum atomic E-state index is -3.58. The summed E-state index contributed by atoms with van der Waals surface area (Å²) in [7, 11) is -3.58. The van der Waals surface area contributed by atoms with Crippen LogP contribution in [-0.2, 0) is 14.8 Å². The standard InChI is InChI=1S/C17H22N2O4S2/c1-4-23-17(20)16-8-13-7-14(5-6-15(13)24-16)25(21,22)19-10-11(2)18-9-12(19)3/h5-8,11-12,18H,4,9-10H2,1-3H3. The third-order valence-corrected chi connectivity index (χ3v) is 7.35. The second-order valence-corrected chi connectivity index (χ2v) is 9.24. The molecule has 25 heavy (non-hydrogen) atoms. The second kappa shape index (κ2) is 7.03. The maximum atomic E-state index is 13.0. The Morgan fingerprint density at radius 2 is 2.12 bits per heavy atom. The van der Waals surface area contributed by atoms with Crippen molar-refractivity contribution in [1.82, 2.24) is 9.62 Å². The van der Waals surface area contributed by atoms with Gasteiger partial charge < -0.3 is 10.1 Å². The van der Waals surface area contributed by atoms with E-state index in [1.165, 1.54) is 11.3 Å². The number of nitrogens with one attached hydrogen (secondary N) is 1. The lowest BCUT2D eigenvalue weighted by molar-refractivity contribution is 0.0532.